The lowest BCUT2D eigenvalue weighted by Crippen LogP contribution is -2.49. The summed E-state index contributed by atoms with van der Waals surface area (Å²) in [5.41, 5.74) is 4.26. The Morgan fingerprint density at radius 3 is 2.56 bits per heavy atom. The number of carbonyl (C=O) groups excluding carboxylic acids is 3. The predicted molar refractivity (Wildman–Crippen MR) is 170 cm³/mol. The van der Waals surface area contributed by atoms with E-state index in [1.807, 2.05) is 61.0 Å². The first-order valence-electron chi connectivity index (χ1n) is 15.1. The minimum Gasteiger partial charge on any atom is -0.382 e. The van der Waals surface area contributed by atoms with Crippen LogP contribution >= 0.6 is 0 Å². The van der Waals surface area contributed by atoms with Crippen LogP contribution in [-0.2, 0) is 11.3 Å². The van der Waals surface area contributed by atoms with Crippen LogP contribution in [0.5, 0.6) is 0 Å². The molecule has 12 nitrogen and oxygen atoms in total. The number of piperidine rings is 1. The number of hydrogen-bond donors (Lipinski definition) is 3. The van der Waals surface area contributed by atoms with Crippen molar-refractivity contribution in [2.45, 2.75) is 51.7 Å². The molecule has 0 saturated carbocycles. The van der Waals surface area contributed by atoms with E-state index in [4.69, 9.17) is 0 Å². The number of likely N-dealkylation sites (tertiary alicyclic amines) is 1. The van der Waals surface area contributed by atoms with Gasteiger partial charge in [-0.25, -0.2) is 14.8 Å². The number of nitrogens with one attached hydrogen (secondary N) is 3. The Kier molecular flexibility index (Phi) is 8.44. The Morgan fingerprint density at radius 1 is 1.07 bits per heavy atom. The maximum absolute atomic E-state index is 13.5. The molecule has 0 aliphatic carbocycles. The average Bonchev–Trinajstić information content (AvgIpc) is 3.45. The van der Waals surface area contributed by atoms with Gasteiger partial charge in [-0.1, -0.05) is 12.1 Å². The molecule has 230 valence electrons. The molecule has 5 heterocycles. The summed E-state index contributed by atoms with van der Waals surface area (Å²) < 4.78 is 1.85. The number of carbonyl (C=O) groups is 3. The zero-order valence-electron chi connectivity index (χ0n) is 25.3. The monoisotopic (exact) mass is 605 g/mol. The van der Waals surface area contributed by atoms with Crippen LogP contribution in [-0.4, -0.2) is 69.0 Å². The standard InChI is InChI=1S/C33H35N9O3/c1-21(2)37-28-16-29(42-13-7-24-15-23(17-34)18-36-31(24)42)35-19-27(28)32(44)38-25-8-11-40(12-9-25)20-22-3-5-26(6-4-22)41-14-10-30(43)39-33(41)45/h3-7,13,15-16,18-19,21,25H,8-12,14,20H2,1-2H3,(H,35,37)(H,38,44)(H,39,43,45). The molecule has 3 aromatic heterocycles. The number of nitrogens with zero attached hydrogens (tertiary/aromatic N) is 6. The second-order valence-corrected chi connectivity index (χ2v) is 11.8. The summed E-state index contributed by atoms with van der Waals surface area (Å²) in [5, 5.41) is 19.0. The summed E-state index contributed by atoms with van der Waals surface area (Å²) in [5.74, 6) is 0.216. The lowest BCUT2D eigenvalue weighted by molar-refractivity contribution is -0.120. The average molecular weight is 606 g/mol. The first-order chi connectivity index (χ1) is 21.8. The molecule has 4 aromatic rings. The zero-order chi connectivity index (χ0) is 31.5. The molecule has 0 unspecified atom stereocenters. The van der Waals surface area contributed by atoms with Crippen molar-refractivity contribution in [3.8, 4) is 11.9 Å². The molecule has 12 heteroatoms. The van der Waals surface area contributed by atoms with E-state index in [1.165, 1.54) is 6.20 Å². The third-order valence-electron chi connectivity index (χ3n) is 8.11. The van der Waals surface area contributed by atoms with Gasteiger partial charge in [-0.05, 0) is 56.5 Å². The van der Waals surface area contributed by atoms with Gasteiger partial charge in [0.05, 0.1) is 16.8 Å². The van der Waals surface area contributed by atoms with Gasteiger partial charge in [0.1, 0.15) is 17.5 Å². The molecule has 45 heavy (non-hydrogen) atoms. The van der Waals surface area contributed by atoms with E-state index in [-0.39, 0.29) is 29.9 Å². The predicted octanol–water partition coefficient (Wildman–Crippen LogP) is 3.95. The molecule has 0 atom stereocenters. The van der Waals surface area contributed by atoms with E-state index in [1.54, 1.807) is 17.2 Å². The van der Waals surface area contributed by atoms with E-state index < -0.39 is 0 Å². The van der Waals surface area contributed by atoms with Crippen LogP contribution < -0.4 is 20.9 Å². The summed E-state index contributed by atoms with van der Waals surface area (Å²) in [6.45, 7) is 6.89. The number of urea groups is 1. The fourth-order valence-corrected chi connectivity index (χ4v) is 5.81. The molecule has 0 spiro atoms. The van der Waals surface area contributed by atoms with Crippen LogP contribution in [0.15, 0.2) is 61.1 Å². The number of amides is 4. The van der Waals surface area contributed by atoms with E-state index in [2.05, 4.69) is 36.9 Å². The zero-order valence-corrected chi connectivity index (χ0v) is 25.3. The van der Waals surface area contributed by atoms with Gasteiger partial charge in [0.2, 0.25) is 5.91 Å². The maximum Gasteiger partial charge on any atom is 0.328 e. The minimum absolute atomic E-state index is 0.0509. The van der Waals surface area contributed by atoms with Crippen molar-refractivity contribution in [2.24, 2.45) is 0 Å². The van der Waals surface area contributed by atoms with Crippen LogP contribution in [0.1, 0.15) is 54.6 Å². The van der Waals surface area contributed by atoms with E-state index >= 15 is 0 Å². The highest BCUT2D eigenvalue weighted by Crippen LogP contribution is 2.25. The smallest absolute Gasteiger partial charge is 0.328 e. The number of benzene rings is 1. The number of imide groups is 1. The van der Waals surface area contributed by atoms with Gasteiger partial charge in [-0.3, -0.25) is 29.3 Å². The van der Waals surface area contributed by atoms with Crippen LogP contribution in [0.25, 0.3) is 16.9 Å². The fourth-order valence-electron chi connectivity index (χ4n) is 5.81. The van der Waals surface area contributed by atoms with Crippen molar-refractivity contribution >= 4 is 40.3 Å². The number of pyridine rings is 2. The Balaban J connectivity index is 1.07. The normalized spacial score (nSPS) is 16.1. The molecule has 1 aromatic carbocycles. The summed E-state index contributed by atoms with van der Waals surface area (Å²) >= 11 is 0. The molecule has 6 rings (SSSR count). The van der Waals surface area contributed by atoms with Gasteiger partial charge in [0, 0.05) is 80.4 Å². The molecular formula is C33H35N9O3. The van der Waals surface area contributed by atoms with Gasteiger partial charge < -0.3 is 10.6 Å². The lowest BCUT2D eigenvalue weighted by Gasteiger charge is -2.32. The van der Waals surface area contributed by atoms with E-state index in [9.17, 15) is 19.6 Å². The Labute approximate surface area is 261 Å². The first-order valence-corrected chi connectivity index (χ1v) is 15.1. The van der Waals surface area contributed by atoms with Crippen molar-refractivity contribution in [1.29, 1.82) is 5.26 Å². The summed E-state index contributed by atoms with van der Waals surface area (Å²) in [6.07, 6.45) is 6.96. The molecular weight excluding hydrogens is 570 g/mol. The number of aromatic nitrogens is 3. The molecule has 2 saturated heterocycles. The van der Waals surface area contributed by atoms with E-state index in [0.717, 1.165) is 49.1 Å². The summed E-state index contributed by atoms with van der Waals surface area (Å²) in [7, 11) is 0. The quantitative estimate of drug-likeness (QED) is 0.273. The summed E-state index contributed by atoms with van der Waals surface area (Å²) in [4.78, 5) is 50.0. The first kappa shape index (κ1) is 29.8. The number of nitriles is 1. The Bertz CT molecular complexity index is 1780. The van der Waals surface area contributed by atoms with Gasteiger partial charge in [0.25, 0.3) is 5.91 Å². The third-order valence-corrected chi connectivity index (χ3v) is 8.11. The molecule has 4 amide bonds. The molecule has 2 aliphatic heterocycles. The van der Waals surface area contributed by atoms with Crippen molar-refractivity contribution in [1.82, 2.24) is 30.1 Å². The van der Waals surface area contributed by atoms with Crippen molar-refractivity contribution in [3.63, 3.8) is 0 Å². The second-order valence-electron chi connectivity index (χ2n) is 11.8. The minimum atomic E-state index is -0.385. The number of rotatable bonds is 8. The number of anilines is 2. The molecule has 0 radical (unpaired) electrons. The molecule has 3 N–H and O–H groups in total. The molecule has 2 aliphatic rings. The van der Waals surface area contributed by atoms with E-state index in [0.29, 0.717) is 41.2 Å². The van der Waals surface area contributed by atoms with Crippen LogP contribution in [0.4, 0.5) is 16.2 Å². The molecule has 0 bridgehead atoms. The topological polar surface area (TPSA) is 148 Å². The third kappa shape index (κ3) is 6.63. The van der Waals surface area contributed by atoms with Gasteiger partial charge in [-0.2, -0.15) is 5.26 Å². The van der Waals surface area contributed by atoms with Crippen LogP contribution in [0.2, 0.25) is 0 Å². The summed E-state index contributed by atoms with van der Waals surface area (Å²) in [6, 6.07) is 15.3. The number of fused-ring (bicyclic) bond motifs is 1. The maximum atomic E-state index is 13.5. The van der Waals surface area contributed by atoms with Crippen molar-refractivity contribution < 1.29 is 14.4 Å². The SMILES string of the molecule is CC(C)Nc1cc(-n2ccc3cc(C#N)cnc32)ncc1C(=O)NC1CCN(Cc2ccc(N3CCC(=O)NC3=O)cc2)CC1. The van der Waals surface area contributed by atoms with Crippen LogP contribution in [0, 0.1) is 11.3 Å². The van der Waals surface area contributed by atoms with Gasteiger partial charge >= 0.3 is 6.03 Å². The van der Waals surface area contributed by atoms with Crippen molar-refractivity contribution in [3.05, 3.63) is 77.7 Å². The fraction of sp³-hybridized carbons (Fsp3) is 0.333. The highest BCUT2D eigenvalue weighted by atomic mass is 16.2. The highest BCUT2D eigenvalue weighted by Gasteiger charge is 2.25. The van der Waals surface area contributed by atoms with Crippen LogP contribution in [0.3, 0.4) is 0 Å². The largest absolute Gasteiger partial charge is 0.382 e. The van der Waals surface area contributed by atoms with Gasteiger partial charge in [0.15, 0.2) is 0 Å². The molecule has 2 fully saturated rings. The number of hydrogen-bond acceptors (Lipinski definition) is 8. The Morgan fingerprint density at radius 2 is 1.84 bits per heavy atom. The highest BCUT2D eigenvalue weighted by molar-refractivity contribution is 6.05. The second kappa shape index (κ2) is 12.8. The van der Waals surface area contributed by atoms with Crippen molar-refractivity contribution in [2.75, 3.05) is 29.9 Å². The lowest BCUT2D eigenvalue weighted by atomic mass is 10.0. The van der Waals surface area contributed by atoms with Gasteiger partial charge in [-0.15, -0.1) is 0 Å². The Hall–Kier alpha value is -5.28.